The van der Waals surface area contributed by atoms with Gasteiger partial charge in [-0.2, -0.15) is 0 Å². The first-order valence-electron chi connectivity index (χ1n) is 15.0. The topological polar surface area (TPSA) is 9.72 Å². The van der Waals surface area contributed by atoms with Crippen molar-refractivity contribution in [3.8, 4) is 0 Å². The first kappa shape index (κ1) is 28.8. The van der Waals surface area contributed by atoms with Gasteiger partial charge in [-0.3, -0.25) is 0 Å². The van der Waals surface area contributed by atoms with E-state index >= 15 is 0 Å². The van der Waals surface area contributed by atoms with Gasteiger partial charge in [0.25, 0.3) is 0 Å². The zero-order chi connectivity index (χ0) is 29.6. The van der Waals surface area contributed by atoms with Gasteiger partial charge in [0.15, 0.2) is 0 Å². The Balaban J connectivity index is 1.74. The summed E-state index contributed by atoms with van der Waals surface area (Å²) in [5.74, 6) is 1.28. The Hall–Kier alpha value is -3.72. The van der Waals surface area contributed by atoms with E-state index in [1.165, 1.54) is 56.0 Å². The molecule has 41 heavy (non-hydrogen) atoms. The van der Waals surface area contributed by atoms with Gasteiger partial charge in [-0.25, -0.2) is 0 Å². The number of anilines is 2. The van der Waals surface area contributed by atoms with E-state index in [2.05, 4.69) is 164 Å². The van der Waals surface area contributed by atoms with Gasteiger partial charge >= 0.3 is 0 Å². The van der Waals surface area contributed by atoms with E-state index in [4.69, 9.17) is 0 Å². The van der Waals surface area contributed by atoms with Gasteiger partial charge in [0.1, 0.15) is 0 Å². The van der Waals surface area contributed by atoms with Crippen molar-refractivity contribution in [3.63, 3.8) is 0 Å². The van der Waals surface area contributed by atoms with Crippen LogP contribution < -0.4 is 9.80 Å². The zero-order valence-electron chi connectivity index (χ0n) is 26.5. The molecule has 0 N–H and O–H groups in total. The van der Waals surface area contributed by atoms with E-state index in [1.54, 1.807) is 0 Å². The van der Waals surface area contributed by atoms with Crippen molar-refractivity contribution < 1.29 is 0 Å². The number of nitrogens with zero attached hydrogens (tertiary/aromatic N) is 3. The molecule has 3 nitrogen and oxygen atoms in total. The van der Waals surface area contributed by atoms with Gasteiger partial charge in [0.05, 0.1) is 17.1 Å². The fourth-order valence-electron chi connectivity index (χ4n) is 6.03. The highest BCUT2D eigenvalue weighted by Gasteiger charge is 2.37. The number of aryl methyl sites for hydroxylation is 2. The van der Waals surface area contributed by atoms with Crippen molar-refractivity contribution in [3.05, 3.63) is 124 Å². The predicted molar refractivity (Wildman–Crippen MR) is 177 cm³/mol. The quantitative estimate of drug-likeness (QED) is 0.294. The highest BCUT2D eigenvalue weighted by atomic mass is 15.4. The van der Waals surface area contributed by atoms with Crippen LogP contribution >= 0.6 is 0 Å². The zero-order valence-corrected chi connectivity index (χ0v) is 26.5. The molecular weight excluding hydrogens is 498 g/mol. The number of para-hydroxylation sites is 1. The van der Waals surface area contributed by atoms with Crippen molar-refractivity contribution in [2.75, 3.05) is 23.9 Å². The summed E-state index contributed by atoms with van der Waals surface area (Å²) in [5, 5.41) is 0. The summed E-state index contributed by atoms with van der Waals surface area (Å²) in [6.07, 6.45) is 6.74. The molecule has 0 bridgehead atoms. The van der Waals surface area contributed by atoms with Crippen LogP contribution in [0.15, 0.2) is 78.5 Å². The summed E-state index contributed by atoms with van der Waals surface area (Å²) in [6.45, 7) is 22.1. The molecule has 3 heteroatoms. The van der Waals surface area contributed by atoms with Gasteiger partial charge in [-0.15, -0.1) is 0 Å². The standard InChI is InChI=1S/C38H45N3/c1-24(2)30-21-32(25(3)4)36(33(22-30)26(5)6)34-15-12-16-35-38(29-17-19-31(20-18-29)39(9)10)41(23-40(34)35)37-27(7)13-11-14-28(37)8/h11-22,24-26H,1-10H3. The molecule has 3 aromatic carbocycles. The van der Waals surface area contributed by atoms with Gasteiger partial charge in [0, 0.05) is 36.6 Å². The molecule has 2 aliphatic heterocycles. The van der Waals surface area contributed by atoms with Crippen molar-refractivity contribution in [2.24, 2.45) is 0 Å². The maximum absolute atomic E-state index is 3.86. The second-order valence-corrected chi connectivity index (χ2v) is 12.6. The summed E-state index contributed by atoms with van der Waals surface area (Å²) < 4.78 is 0. The summed E-state index contributed by atoms with van der Waals surface area (Å²) >= 11 is 0. The van der Waals surface area contributed by atoms with Crippen LogP contribution in [0.25, 0.3) is 11.4 Å². The highest BCUT2D eigenvalue weighted by molar-refractivity contribution is 5.92. The molecule has 2 aliphatic rings. The Labute approximate surface area is 248 Å². The monoisotopic (exact) mass is 543 g/mol. The summed E-state index contributed by atoms with van der Waals surface area (Å²) in [5.41, 5.74) is 15.1. The van der Waals surface area contributed by atoms with E-state index in [0.717, 1.165) is 11.4 Å². The maximum Gasteiger partial charge on any atom is 0.218 e. The minimum atomic E-state index is 0.399. The Morgan fingerprint density at radius 1 is 0.732 bits per heavy atom. The average molecular weight is 544 g/mol. The molecule has 0 amide bonds. The summed E-state index contributed by atoms with van der Waals surface area (Å²) in [6, 6.07) is 20.3. The molecule has 0 fully saturated rings. The van der Waals surface area contributed by atoms with Gasteiger partial charge in [-0.1, -0.05) is 90.1 Å². The summed E-state index contributed by atoms with van der Waals surface area (Å²) in [4.78, 5) is 6.75. The molecule has 5 rings (SSSR count). The largest absolute Gasteiger partial charge is 0.378 e. The Kier molecular flexibility index (Phi) is 7.92. The van der Waals surface area contributed by atoms with E-state index < -0.39 is 0 Å². The predicted octanol–water partition coefficient (Wildman–Crippen LogP) is 9.84. The number of hydrogen-bond acceptors (Lipinski definition) is 3. The molecule has 0 unspecified atom stereocenters. The van der Waals surface area contributed by atoms with Crippen LogP contribution in [0.3, 0.4) is 0 Å². The first-order chi connectivity index (χ1) is 19.5. The number of benzene rings is 3. The number of fused-ring (bicyclic) bond motifs is 1. The van der Waals surface area contributed by atoms with Crippen LogP contribution in [-0.4, -0.2) is 19.0 Å². The van der Waals surface area contributed by atoms with Crippen molar-refractivity contribution >= 4 is 22.8 Å². The van der Waals surface area contributed by atoms with Crippen LogP contribution in [0.4, 0.5) is 11.4 Å². The van der Waals surface area contributed by atoms with Crippen LogP contribution in [0.5, 0.6) is 0 Å². The van der Waals surface area contributed by atoms with Crippen LogP contribution in [0.2, 0.25) is 0 Å². The SMILES string of the molecule is Cc1cccc(C)c1N1[C]N2C(c3c(C(C)C)cc(C(C)C)cc3C(C)C)=CC=CC2=C1c1ccc(N(C)C)cc1. The molecule has 3 aromatic rings. The van der Waals surface area contributed by atoms with Crippen LogP contribution in [-0.2, 0) is 0 Å². The molecular formula is C38H45N3. The number of rotatable bonds is 7. The van der Waals surface area contributed by atoms with Gasteiger partial charge in [-0.05, 0) is 83.7 Å². The van der Waals surface area contributed by atoms with E-state index in [0.29, 0.717) is 17.8 Å². The van der Waals surface area contributed by atoms with Crippen LogP contribution in [0.1, 0.15) is 98.2 Å². The summed E-state index contributed by atoms with van der Waals surface area (Å²) in [7, 11) is 4.17. The molecule has 0 atom stereocenters. The van der Waals surface area contributed by atoms with Crippen LogP contribution in [0, 0.1) is 20.5 Å². The molecule has 0 aliphatic carbocycles. The Morgan fingerprint density at radius 3 is 1.83 bits per heavy atom. The minimum absolute atomic E-state index is 0.399. The Morgan fingerprint density at radius 2 is 1.32 bits per heavy atom. The fraction of sp³-hybridized carbons (Fsp3) is 0.342. The minimum Gasteiger partial charge on any atom is -0.378 e. The molecule has 2 heterocycles. The molecule has 2 radical (unpaired) electrons. The lowest BCUT2D eigenvalue weighted by Gasteiger charge is -2.31. The molecule has 212 valence electrons. The van der Waals surface area contributed by atoms with Gasteiger partial charge in [0.2, 0.25) is 6.67 Å². The van der Waals surface area contributed by atoms with E-state index in [-0.39, 0.29) is 0 Å². The van der Waals surface area contributed by atoms with E-state index in [1.807, 2.05) is 0 Å². The number of hydrogen-bond donors (Lipinski definition) is 0. The lowest BCUT2D eigenvalue weighted by atomic mass is 9.82. The molecule has 0 spiro atoms. The normalized spacial score (nSPS) is 15.0. The molecule has 0 aromatic heterocycles. The first-order valence-corrected chi connectivity index (χ1v) is 15.0. The third-order valence-corrected chi connectivity index (χ3v) is 8.36. The second-order valence-electron chi connectivity index (χ2n) is 12.6. The second kappa shape index (κ2) is 11.3. The highest BCUT2D eigenvalue weighted by Crippen LogP contribution is 2.48. The maximum atomic E-state index is 3.86. The smallest absolute Gasteiger partial charge is 0.218 e. The lowest BCUT2D eigenvalue weighted by molar-refractivity contribution is 0.620. The Bertz CT molecular complexity index is 1480. The number of allylic oxidation sites excluding steroid dienone is 3. The lowest BCUT2D eigenvalue weighted by Crippen LogP contribution is -2.24. The van der Waals surface area contributed by atoms with E-state index in [9.17, 15) is 0 Å². The fourth-order valence-corrected chi connectivity index (χ4v) is 6.03. The molecule has 0 saturated heterocycles. The third kappa shape index (κ3) is 5.23. The van der Waals surface area contributed by atoms with Crippen molar-refractivity contribution in [1.82, 2.24) is 4.90 Å². The van der Waals surface area contributed by atoms with Crippen molar-refractivity contribution in [2.45, 2.75) is 73.1 Å². The van der Waals surface area contributed by atoms with Gasteiger partial charge < -0.3 is 14.7 Å². The molecule has 0 saturated carbocycles. The van der Waals surface area contributed by atoms with Crippen molar-refractivity contribution in [1.29, 1.82) is 0 Å². The third-order valence-electron chi connectivity index (χ3n) is 8.36. The average Bonchev–Trinajstić information content (AvgIpc) is 3.31.